The van der Waals surface area contributed by atoms with Gasteiger partial charge in [0, 0.05) is 12.3 Å². The molecule has 1 atom stereocenters. The number of rotatable bonds is 5. The number of aromatic nitrogens is 3. The first-order chi connectivity index (χ1) is 13.5. The van der Waals surface area contributed by atoms with Gasteiger partial charge in [0.1, 0.15) is 17.6 Å². The van der Waals surface area contributed by atoms with Crippen molar-refractivity contribution in [2.24, 2.45) is 0 Å². The average molecular weight is 392 g/mol. The first-order valence-electron chi connectivity index (χ1n) is 7.85. The molecule has 11 heteroatoms. The van der Waals surface area contributed by atoms with Gasteiger partial charge in [-0.3, -0.25) is 9.82 Å². The Morgan fingerprint density at radius 3 is 2.61 bits per heavy atom. The molecule has 1 unspecified atom stereocenters. The first-order valence-corrected chi connectivity index (χ1v) is 7.85. The Kier molecular flexibility index (Phi) is 4.57. The van der Waals surface area contributed by atoms with Crippen molar-refractivity contribution in [1.29, 1.82) is 0 Å². The molecule has 0 radical (unpaired) electrons. The fourth-order valence-corrected chi connectivity index (χ4v) is 2.42. The maximum Gasteiger partial charge on any atom is 0.573 e. The van der Waals surface area contributed by atoms with Crippen molar-refractivity contribution in [2.75, 3.05) is 0 Å². The quantitative estimate of drug-likeness (QED) is 0.705. The van der Waals surface area contributed by atoms with Crippen LogP contribution in [0, 0.1) is 0 Å². The van der Waals surface area contributed by atoms with Crippen LogP contribution >= 0.6 is 0 Å². The van der Waals surface area contributed by atoms with Crippen molar-refractivity contribution < 1.29 is 31.9 Å². The molecule has 0 spiro atoms. The molecule has 0 saturated heterocycles. The summed E-state index contributed by atoms with van der Waals surface area (Å²) in [6.45, 7) is 0. The van der Waals surface area contributed by atoms with E-state index in [-0.39, 0.29) is 5.75 Å². The number of alkyl halides is 3. The number of nitrogens with one attached hydrogen (secondary N) is 1. The van der Waals surface area contributed by atoms with Gasteiger partial charge >= 0.3 is 6.36 Å². The van der Waals surface area contributed by atoms with Crippen molar-refractivity contribution in [2.45, 2.75) is 12.5 Å². The minimum absolute atomic E-state index is 0.293. The molecular weight excluding hydrogens is 381 g/mol. The van der Waals surface area contributed by atoms with E-state index in [9.17, 15) is 13.2 Å². The molecule has 2 aromatic heterocycles. The zero-order chi connectivity index (χ0) is 19.6. The number of halogens is 3. The van der Waals surface area contributed by atoms with E-state index in [0.29, 0.717) is 28.7 Å². The molecule has 3 heterocycles. The van der Waals surface area contributed by atoms with E-state index in [1.807, 2.05) is 0 Å². The van der Waals surface area contributed by atoms with Gasteiger partial charge in [0.25, 0.3) is 0 Å². The zero-order valence-corrected chi connectivity index (χ0v) is 13.9. The second kappa shape index (κ2) is 7.19. The molecule has 0 amide bonds. The normalized spacial score (nSPS) is 16.4. The van der Waals surface area contributed by atoms with Gasteiger partial charge in [-0.2, -0.15) is 0 Å². The highest BCUT2D eigenvalue weighted by atomic mass is 19.4. The van der Waals surface area contributed by atoms with E-state index in [1.54, 1.807) is 18.3 Å². The summed E-state index contributed by atoms with van der Waals surface area (Å²) in [5.41, 5.74) is 3.79. The number of nitrogens with zero attached hydrogens (tertiary/aromatic N) is 3. The molecule has 0 fully saturated rings. The molecular formula is C17H11F3N4O4. The van der Waals surface area contributed by atoms with Crippen molar-refractivity contribution in [3.8, 4) is 23.0 Å². The molecule has 0 bridgehead atoms. The van der Waals surface area contributed by atoms with Crippen LogP contribution in [0.3, 0.4) is 0 Å². The van der Waals surface area contributed by atoms with Crippen molar-refractivity contribution in [3.05, 3.63) is 66.6 Å². The van der Waals surface area contributed by atoms with Crippen LogP contribution in [0.2, 0.25) is 0 Å². The van der Waals surface area contributed by atoms with Crippen LogP contribution in [0.1, 0.15) is 11.7 Å². The predicted molar refractivity (Wildman–Crippen MR) is 86.3 cm³/mol. The summed E-state index contributed by atoms with van der Waals surface area (Å²) in [6, 6.07) is 6.99. The lowest BCUT2D eigenvalue weighted by atomic mass is 10.1. The SMILES string of the molecule is FC(F)(F)Oc1ccc(C2C=C(Oc3cncc(-c4nnco4)c3)NO2)cc1. The van der Waals surface area contributed by atoms with E-state index >= 15 is 0 Å². The third-order valence-corrected chi connectivity index (χ3v) is 3.58. The molecule has 0 aliphatic carbocycles. The summed E-state index contributed by atoms with van der Waals surface area (Å²) in [5.74, 6) is 0.672. The van der Waals surface area contributed by atoms with Gasteiger partial charge in [0.2, 0.25) is 18.2 Å². The Labute approximate surface area is 155 Å². The number of pyridine rings is 1. The Hall–Kier alpha value is -3.60. The highest BCUT2D eigenvalue weighted by Gasteiger charge is 2.31. The van der Waals surface area contributed by atoms with Crippen molar-refractivity contribution >= 4 is 0 Å². The molecule has 28 heavy (non-hydrogen) atoms. The maximum absolute atomic E-state index is 12.2. The van der Waals surface area contributed by atoms with Crippen LogP contribution in [0.15, 0.2) is 65.5 Å². The first kappa shape index (κ1) is 17.8. The van der Waals surface area contributed by atoms with Gasteiger partial charge in [-0.15, -0.1) is 23.4 Å². The summed E-state index contributed by atoms with van der Waals surface area (Å²) >= 11 is 0. The summed E-state index contributed by atoms with van der Waals surface area (Å²) < 4.78 is 51.3. The Balaban J connectivity index is 1.44. The minimum Gasteiger partial charge on any atom is -0.438 e. The largest absolute Gasteiger partial charge is 0.573 e. The van der Waals surface area contributed by atoms with Crippen LogP contribution in [0.4, 0.5) is 13.2 Å². The third kappa shape index (κ3) is 4.20. The van der Waals surface area contributed by atoms with Crippen LogP contribution < -0.4 is 15.0 Å². The van der Waals surface area contributed by atoms with E-state index in [2.05, 4.69) is 25.4 Å². The van der Waals surface area contributed by atoms with Crippen LogP contribution in [0.5, 0.6) is 11.5 Å². The fraction of sp³-hybridized carbons (Fsp3) is 0.118. The van der Waals surface area contributed by atoms with Gasteiger partial charge in [-0.25, -0.2) is 5.48 Å². The molecule has 1 aromatic carbocycles. The second-order valence-electron chi connectivity index (χ2n) is 5.54. The second-order valence-corrected chi connectivity index (χ2v) is 5.54. The minimum atomic E-state index is -4.74. The van der Waals surface area contributed by atoms with Gasteiger partial charge in [0.05, 0.1) is 11.8 Å². The monoisotopic (exact) mass is 392 g/mol. The molecule has 8 nitrogen and oxygen atoms in total. The fourth-order valence-electron chi connectivity index (χ4n) is 2.42. The molecule has 0 saturated carbocycles. The zero-order valence-electron chi connectivity index (χ0n) is 13.9. The molecule has 3 aromatic rings. The molecule has 144 valence electrons. The van der Waals surface area contributed by atoms with E-state index < -0.39 is 12.5 Å². The Bertz CT molecular complexity index is 975. The summed E-state index contributed by atoms with van der Waals surface area (Å²) in [5, 5.41) is 7.39. The van der Waals surface area contributed by atoms with Gasteiger partial charge in [-0.1, -0.05) is 12.1 Å². The van der Waals surface area contributed by atoms with Crippen molar-refractivity contribution in [1.82, 2.24) is 20.7 Å². The van der Waals surface area contributed by atoms with Gasteiger partial charge < -0.3 is 13.9 Å². The number of hydrogen-bond donors (Lipinski definition) is 1. The number of benzene rings is 1. The number of hydroxylamine groups is 1. The van der Waals surface area contributed by atoms with Crippen molar-refractivity contribution in [3.63, 3.8) is 0 Å². The summed E-state index contributed by atoms with van der Waals surface area (Å²) in [6.07, 6.45) is 0.561. The Morgan fingerprint density at radius 1 is 1.07 bits per heavy atom. The molecule has 1 aliphatic rings. The molecule has 4 rings (SSSR count). The summed E-state index contributed by atoms with van der Waals surface area (Å²) in [7, 11) is 0. The number of ether oxygens (including phenoxy) is 2. The maximum atomic E-state index is 12.2. The lowest BCUT2D eigenvalue weighted by Gasteiger charge is -2.11. The lowest BCUT2D eigenvalue weighted by Crippen LogP contribution is -2.17. The molecule has 1 N–H and O–H groups in total. The summed E-state index contributed by atoms with van der Waals surface area (Å²) in [4.78, 5) is 9.42. The Morgan fingerprint density at radius 2 is 1.89 bits per heavy atom. The van der Waals surface area contributed by atoms with Gasteiger partial charge in [-0.05, 0) is 23.8 Å². The number of hydrogen-bond acceptors (Lipinski definition) is 8. The molecule has 1 aliphatic heterocycles. The van der Waals surface area contributed by atoms with E-state index in [0.717, 1.165) is 0 Å². The van der Waals surface area contributed by atoms with Crippen LogP contribution in [0.25, 0.3) is 11.5 Å². The highest BCUT2D eigenvalue weighted by Crippen LogP contribution is 2.29. The third-order valence-electron chi connectivity index (χ3n) is 3.58. The van der Waals surface area contributed by atoms with E-state index in [1.165, 1.54) is 36.9 Å². The van der Waals surface area contributed by atoms with E-state index in [4.69, 9.17) is 14.0 Å². The van der Waals surface area contributed by atoms with Crippen LogP contribution in [-0.4, -0.2) is 21.5 Å². The van der Waals surface area contributed by atoms with Crippen LogP contribution in [-0.2, 0) is 4.84 Å². The average Bonchev–Trinajstić information content (AvgIpc) is 3.33. The predicted octanol–water partition coefficient (Wildman–Crippen LogP) is 3.53. The lowest BCUT2D eigenvalue weighted by molar-refractivity contribution is -0.274. The standard InChI is InChI=1S/C17H11F3N4O4/c18-17(19,20)27-12-3-1-10(2-4-12)14-6-15(24-28-14)26-13-5-11(7-21-8-13)16-23-22-9-25-16/h1-9,14,24H. The highest BCUT2D eigenvalue weighted by molar-refractivity contribution is 5.53. The smallest absolute Gasteiger partial charge is 0.438 e. The topological polar surface area (TPSA) is 91.5 Å². The van der Waals surface area contributed by atoms with Gasteiger partial charge in [0.15, 0.2) is 0 Å².